The Kier molecular flexibility index (Phi) is 4.75. The second-order valence-electron chi connectivity index (χ2n) is 3.78. The largest absolute Gasteiger partial charge is 0.506 e. The summed E-state index contributed by atoms with van der Waals surface area (Å²) in [6.07, 6.45) is 0.444. The van der Waals surface area contributed by atoms with Gasteiger partial charge in [-0.2, -0.15) is 0 Å². The SMILES string of the molecule is C=C(C)Cc1c(C(=O)OCC)ccc(Br)c1O. The van der Waals surface area contributed by atoms with Crippen molar-refractivity contribution in [2.75, 3.05) is 6.61 Å². The highest BCUT2D eigenvalue weighted by Crippen LogP contribution is 2.32. The van der Waals surface area contributed by atoms with Crippen LogP contribution in [-0.2, 0) is 11.2 Å². The van der Waals surface area contributed by atoms with Crippen LogP contribution in [0.2, 0.25) is 0 Å². The molecule has 0 heterocycles. The number of halogens is 1. The van der Waals surface area contributed by atoms with Crippen LogP contribution in [-0.4, -0.2) is 17.7 Å². The van der Waals surface area contributed by atoms with Crippen LogP contribution in [0.1, 0.15) is 29.8 Å². The molecule has 0 unspecified atom stereocenters. The molecule has 0 aliphatic carbocycles. The highest BCUT2D eigenvalue weighted by Gasteiger charge is 2.17. The van der Waals surface area contributed by atoms with E-state index in [1.54, 1.807) is 19.1 Å². The fraction of sp³-hybridized carbons (Fsp3) is 0.308. The predicted molar refractivity (Wildman–Crippen MR) is 70.3 cm³/mol. The Labute approximate surface area is 109 Å². The molecule has 0 aliphatic rings. The predicted octanol–water partition coefficient (Wildman–Crippen LogP) is 3.45. The highest BCUT2D eigenvalue weighted by molar-refractivity contribution is 9.10. The molecule has 0 aliphatic heterocycles. The van der Waals surface area contributed by atoms with Crippen molar-refractivity contribution in [1.29, 1.82) is 0 Å². The number of carbonyl (C=O) groups excluding carboxylic acids is 1. The maximum atomic E-state index is 11.7. The van der Waals surface area contributed by atoms with Crippen LogP contribution in [0.3, 0.4) is 0 Å². The lowest BCUT2D eigenvalue weighted by Gasteiger charge is -2.12. The van der Waals surface area contributed by atoms with Crippen LogP contribution >= 0.6 is 15.9 Å². The Hall–Kier alpha value is -1.29. The molecule has 17 heavy (non-hydrogen) atoms. The van der Waals surface area contributed by atoms with Crippen molar-refractivity contribution in [1.82, 2.24) is 0 Å². The normalized spacial score (nSPS) is 10.1. The molecular weight excluding hydrogens is 284 g/mol. The molecule has 0 spiro atoms. The summed E-state index contributed by atoms with van der Waals surface area (Å²) in [4.78, 5) is 11.7. The zero-order valence-electron chi connectivity index (χ0n) is 9.92. The molecule has 1 rings (SSSR count). The Morgan fingerprint density at radius 3 is 2.71 bits per heavy atom. The summed E-state index contributed by atoms with van der Waals surface area (Å²) in [6.45, 7) is 7.68. The molecule has 0 aromatic heterocycles. The van der Waals surface area contributed by atoms with Gasteiger partial charge in [-0.15, -0.1) is 0 Å². The van der Waals surface area contributed by atoms with Crippen molar-refractivity contribution in [2.45, 2.75) is 20.3 Å². The molecule has 0 saturated heterocycles. The van der Waals surface area contributed by atoms with E-state index in [-0.39, 0.29) is 5.75 Å². The molecule has 3 nitrogen and oxygen atoms in total. The molecule has 4 heteroatoms. The van der Waals surface area contributed by atoms with Crippen molar-refractivity contribution in [3.05, 3.63) is 39.9 Å². The minimum Gasteiger partial charge on any atom is -0.506 e. The molecule has 1 aromatic carbocycles. The van der Waals surface area contributed by atoms with Gasteiger partial charge < -0.3 is 9.84 Å². The van der Waals surface area contributed by atoms with Crippen molar-refractivity contribution < 1.29 is 14.6 Å². The van der Waals surface area contributed by atoms with Crippen molar-refractivity contribution in [3.63, 3.8) is 0 Å². The Morgan fingerprint density at radius 1 is 1.53 bits per heavy atom. The van der Waals surface area contributed by atoms with Gasteiger partial charge in [0.2, 0.25) is 0 Å². The zero-order chi connectivity index (χ0) is 13.0. The number of phenolic OH excluding ortho intramolecular Hbond substituents is 1. The van der Waals surface area contributed by atoms with Crippen molar-refractivity contribution in [2.24, 2.45) is 0 Å². The van der Waals surface area contributed by atoms with E-state index in [1.807, 2.05) is 6.92 Å². The monoisotopic (exact) mass is 298 g/mol. The summed E-state index contributed by atoms with van der Waals surface area (Å²) in [5.41, 5.74) is 1.80. The number of hydrogen-bond donors (Lipinski definition) is 1. The fourth-order valence-electron chi connectivity index (χ4n) is 1.49. The second kappa shape index (κ2) is 5.87. The third kappa shape index (κ3) is 3.33. The van der Waals surface area contributed by atoms with Crippen LogP contribution < -0.4 is 0 Å². The Morgan fingerprint density at radius 2 is 2.18 bits per heavy atom. The second-order valence-corrected chi connectivity index (χ2v) is 4.63. The maximum absolute atomic E-state index is 11.7. The number of aromatic hydroxyl groups is 1. The molecule has 0 saturated carbocycles. The Balaban J connectivity index is 3.24. The molecule has 1 aromatic rings. The first-order valence-corrected chi connectivity index (χ1v) is 6.08. The average molecular weight is 299 g/mol. The quantitative estimate of drug-likeness (QED) is 0.684. The summed E-state index contributed by atoms with van der Waals surface area (Å²) in [5, 5.41) is 9.95. The standard InChI is InChI=1S/C13H15BrO3/c1-4-17-13(16)9-5-6-11(14)12(15)10(9)7-8(2)3/h5-6,15H,2,4,7H2,1,3H3. The zero-order valence-corrected chi connectivity index (χ0v) is 11.5. The number of rotatable bonds is 4. The number of ether oxygens (including phenoxy) is 1. The van der Waals surface area contributed by atoms with Gasteiger partial charge in [-0.3, -0.25) is 0 Å². The summed E-state index contributed by atoms with van der Waals surface area (Å²) >= 11 is 3.23. The number of phenols is 1. The van der Waals surface area contributed by atoms with Crippen LogP contribution in [0, 0.1) is 0 Å². The van der Waals surface area contributed by atoms with Gasteiger partial charge in [0.15, 0.2) is 0 Å². The van der Waals surface area contributed by atoms with E-state index in [1.165, 1.54) is 0 Å². The Bertz CT molecular complexity index is 452. The van der Waals surface area contributed by atoms with Crippen LogP contribution in [0.15, 0.2) is 28.8 Å². The minimum atomic E-state index is -0.424. The van der Waals surface area contributed by atoms with Crippen LogP contribution in [0.25, 0.3) is 0 Å². The lowest BCUT2D eigenvalue weighted by Crippen LogP contribution is -2.08. The third-order valence-corrected chi connectivity index (χ3v) is 2.85. The lowest BCUT2D eigenvalue weighted by atomic mass is 10.00. The molecule has 0 radical (unpaired) electrons. The molecular formula is C13H15BrO3. The van der Waals surface area contributed by atoms with Gasteiger partial charge in [0, 0.05) is 5.56 Å². The van der Waals surface area contributed by atoms with Gasteiger partial charge >= 0.3 is 5.97 Å². The van der Waals surface area contributed by atoms with Gasteiger partial charge in [-0.25, -0.2) is 4.79 Å². The van der Waals surface area contributed by atoms with E-state index in [0.717, 1.165) is 5.57 Å². The molecule has 0 atom stereocenters. The molecule has 1 N–H and O–H groups in total. The average Bonchev–Trinajstić information content (AvgIpc) is 2.24. The van der Waals surface area contributed by atoms with E-state index < -0.39 is 5.97 Å². The first kappa shape index (κ1) is 13.8. The first-order chi connectivity index (χ1) is 7.97. The number of esters is 1. The topological polar surface area (TPSA) is 46.5 Å². The van der Waals surface area contributed by atoms with Gasteiger partial charge in [0.05, 0.1) is 16.6 Å². The molecule has 0 fully saturated rings. The van der Waals surface area contributed by atoms with Gasteiger partial charge in [0.25, 0.3) is 0 Å². The van der Waals surface area contributed by atoms with E-state index in [0.29, 0.717) is 28.6 Å². The number of benzene rings is 1. The number of allylic oxidation sites excluding steroid dienone is 1. The summed E-state index contributed by atoms with van der Waals surface area (Å²) in [7, 11) is 0. The summed E-state index contributed by atoms with van der Waals surface area (Å²) in [5.74, 6) is -0.356. The van der Waals surface area contributed by atoms with Gasteiger partial charge in [-0.1, -0.05) is 12.2 Å². The van der Waals surface area contributed by atoms with Crippen molar-refractivity contribution >= 4 is 21.9 Å². The third-order valence-electron chi connectivity index (χ3n) is 2.21. The molecule has 0 amide bonds. The maximum Gasteiger partial charge on any atom is 0.338 e. The fourth-order valence-corrected chi connectivity index (χ4v) is 1.86. The minimum absolute atomic E-state index is 0.0681. The highest BCUT2D eigenvalue weighted by atomic mass is 79.9. The van der Waals surface area contributed by atoms with Crippen LogP contribution in [0.5, 0.6) is 5.75 Å². The lowest BCUT2D eigenvalue weighted by molar-refractivity contribution is 0.0524. The van der Waals surface area contributed by atoms with E-state index in [4.69, 9.17) is 4.74 Å². The van der Waals surface area contributed by atoms with Crippen LogP contribution in [0.4, 0.5) is 0 Å². The first-order valence-electron chi connectivity index (χ1n) is 5.29. The number of carbonyl (C=O) groups is 1. The smallest absolute Gasteiger partial charge is 0.338 e. The summed E-state index contributed by atoms with van der Waals surface area (Å²) in [6, 6.07) is 3.27. The molecule has 92 valence electrons. The summed E-state index contributed by atoms with van der Waals surface area (Å²) < 4.78 is 5.51. The van der Waals surface area contributed by atoms with Gasteiger partial charge in [-0.05, 0) is 48.3 Å². The van der Waals surface area contributed by atoms with E-state index in [9.17, 15) is 9.90 Å². The van der Waals surface area contributed by atoms with Crippen molar-refractivity contribution in [3.8, 4) is 5.75 Å². The van der Waals surface area contributed by atoms with Gasteiger partial charge in [0.1, 0.15) is 5.75 Å². The number of hydrogen-bond acceptors (Lipinski definition) is 3. The molecule has 0 bridgehead atoms. The van der Waals surface area contributed by atoms with E-state index >= 15 is 0 Å². The van der Waals surface area contributed by atoms with E-state index in [2.05, 4.69) is 22.5 Å².